The van der Waals surface area contributed by atoms with Crippen molar-refractivity contribution in [1.29, 1.82) is 0 Å². The maximum atomic E-state index is 12.0. The fraction of sp³-hybridized carbons (Fsp3) is 0.267. The molecule has 0 saturated carbocycles. The average Bonchev–Trinajstić information content (AvgIpc) is 2.91. The van der Waals surface area contributed by atoms with E-state index in [-0.39, 0.29) is 17.5 Å². The summed E-state index contributed by atoms with van der Waals surface area (Å²) in [7, 11) is -2.14. The minimum atomic E-state index is -3.45. The molecule has 1 amide bonds. The van der Waals surface area contributed by atoms with Crippen molar-refractivity contribution in [2.24, 2.45) is 0 Å². The van der Waals surface area contributed by atoms with Crippen LogP contribution in [0.1, 0.15) is 16.6 Å². The van der Waals surface area contributed by atoms with Crippen LogP contribution >= 0.6 is 11.3 Å². The lowest BCUT2D eigenvalue weighted by Gasteiger charge is -2.12. The number of sulfonamides is 1. The molecule has 0 spiro atoms. The molecule has 1 aromatic heterocycles. The Hall–Kier alpha value is -2.10. The quantitative estimate of drug-likeness (QED) is 0.786. The Morgan fingerprint density at radius 2 is 1.88 bits per heavy atom. The smallest absolute Gasteiger partial charge is 0.241 e. The van der Waals surface area contributed by atoms with Gasteiger partial charge in [-0.3, -0.25) is 9.59 Å². The van der Waals surface area contributed by atoms with Crippen LogP contribution in [0.15, 0.2) is 30.3 Å². The van der Waals surface area contributed by atoms with Crippen molar-refractivity contribution in [3.8, 4) is 11.3 Å². The standard InChI is InChI=1S/C15H17N3O4S2/c1-10(19)14-13(11-7-5-4-6-8-11)17-15(23-14)16-12(20)9-18(2)24(3,21)22/h4-8H,9H2,1-3H3,(H,16,17,20). The zero-order chi connectivity index (χ0) is 17.9. The average molecular weight is 367 g/mol. The molecule has 1 heterocycles. The molecular formula is C15H17N3O4S2. The number of nitrogens with zero attached hydrogens (tertiary/aromatic N) is 2. The molecular weight excluding hydrogens is 350 g/mol. The minimum absolute atomic E-state index is 0.153. The first-order chi connectivity index (χ1) is 11.2. The summed E-state index contributed by atoms with van der Waals surface area (Å²) in [6, 6.07) is 9.16. The number of thiazole rings is 1. The molecule has 0 saturated heterocycles. The van der Waals surface area contributed by atoms with E-state index in [0.29, 0.717) is 10.6 Å². The number of rotatable bonds is 6. The molecule has 0 bridgehead atoms. The summed E-state index contributed by atoms with van der Waals surface area (Å²) >= 11 is 1.06. The van der Waals surface area contributed by atoms with Crippen molar-refractivity contribution in [1.82, 2.24) is 9.29 Å². The molecule has 0 fully saturated rings. The number of aromatic nitrogens is 1. The lowest BCUT2D eigenvalue weighted by molar-refractivity contribution is -0.116. The highest BCUT2D eigenvalue weighted by Gasteiger charge is 2.20. The zero-order valence-electron chi connectivity index (χ0n) is 13.4. The van der Waals surface area contributed by atoms with Crippen molar-refractivity contribution in [2.45, 2.75) is 6.92 Å². The van der Waals surface area contributed by atoms with Gasteiger partial charge in [-0.1, -0.05) is 41.7 Å². The normalized spacial score (nSPS) is 11.5. The molecule has 0 aliphatic carbocycles. The van der Waals surface area contributed by atoms with Crippen LogP contribution in [0, 0.1) is 0 Å². The third-order valence-electron chi connectivity index (χ3n) is 3.17. The van der Waals surface area contributed by atoms with Crippen LogP contribution in [-0.2, 0) is 14.8 Å². The maximum absolute atomic E-state index is 12.0. The van der Waals surface area contributed by atoms with Gasteiger partial charge in [0.1, 0.15) is 0 Å². The SMILES string of the molecule is CC(=O)c1sc(NC(=O)CN(C)S(C)(=O)=O)nc1-c1ccccc1. The van der Waals surface area contributed by atoms with Crippen molar-refractivity contribution in [3.63, 3.8) is 0 Å². The Labute approximate surface area is 144 Å². The van der Waals surface area contributed by atoms with E-state index in [9.17, 15) is 18.0 Å². The van der Waals surface area contributed by atoms with Gasteiger partial charge in [-0.15, -0.1) is 0 Å². The second-order valence-electron chi connectivity index (χ2n) is 5.19. The lowest BCUT2D eigenvalue weighted by Crippen LogP contribution is -2.34. The third-order valence-corrected chi connectivity index (χ3v) is 5.51. The van der Waals surface area contributed by atoms with E-state index in [1.165, 1.54) is 14.0 Å². The van der Waals surface area contributed by atoms with Gasteiger partial charge in [0.25, 0.3) is 0 Å². The number of likely N-dealkylation sites (N-methyl/N-ethyl adjacent to an activating group) is 1. The predicted octanol–water partition coefficient (Wildman–Crippen LogP) is 1.84. The number of hydrogen-bond acceptors (Lipinski definition) is 6. The molecule has 128 valence electrons. The monoisotopic (exact) mass is 367 g/mol. The Balaban J connectivity index is 2.23. The first kappa shape index (κ1) is 18.2. The number of carbonyl (C=O) groups excluding carboxylic acids is 2. The molecule has 1 N–H and O–H groups in total. The Morgan fingerprint density at radius 3 is 2.42 bits per heavy atom. The van der Waals surface area contributed by atoms with Crippen LogP contribution in [0.2, 0.25) is 0 Å². The predicted molar refractivity (Wildman–Crippen MR) is 93.7 cm³/mol. The summed E-state index contributed by atoms with van der Waals surface area (Å²) in [6.45, 7) is 1.11. The van der Waals surface area contributed by atoms with Crippen LogP contribution in [0.4, 0.5) is 5.13 Å². The van der Waals surface area contributed by atoms with Gasteiger partial charge in [-0.05, 0) is 0 Å². The second kappa shape index (κ2) is 7.20. The highest BCUT2D eigenvalue weighted by molar-refractivity contribution is 7.88. The van der Waals surface area contributed by atoms with E-state index in [1.54, 1.807) is 0 Å². The van der Waals surface area contributed by atoms with Gasteiger partial charge in [-0.2, -0.15) is 4.31 Å². The van der Waals surface area contributed by atoms with Crippen molar-refractivity contribution >= 4 is 38.2 Å². The summed E-state index contributed by atoms with van der Waals surface area (Å²) in [5, 5.41) is 2.80. The molecule has 0 radical (unpaired) electrons. The largest absolute Gasteiger partial charge is 0.301 e. The molecule has 7 nitrogen and oxygen atoms in total. The molecule has 0 atom stereocenters. The van der Waals surface area contributed by atoms with Gasteiger partial charge < -0.3 is 5.32 Å². The minimum Gasteiger partial charge on any atom is -0.301 e. The van der Waals surface area contributed by atoms with Crippen molar-refractivity contribution in [2.75, 3.05) is 25.2 Å². The molecule has 1 aromatic carbocycles. The van der Waals surface area contributed by atoms with Crippen LogP contribution in [0.5, 0.6) is 0 Å². The highest BCUT2D eigenvalue weighted by Crippen LogP contribution is 2.31. The van der Waals surface area contributed by atoms with Gasteiger partial charge >= 0.3 is 0 Å². The van der Waals surface area contributed by atoms with Crippen molar-refractivity contribution < 1.29 is 18.0 Å². The molecule has 0 aliphatic rings. The van der Waals surface area contributed by atoms with Gasteiger partial charge in [0, 0.05) is 19.5 Å². The molecule has 0 unspecified atom stereocenters. The van der Waals surface area contributed by atoms with Crippen LogP contribution in [0.3, 0.4) is 0 Å². The maximum Gasteiger partial charge on any atom is 0.241 e. The number of Topliss-reactive ketones (excluding diaryl/α,β-unsaturated/α-hetero) is 1. The van der Waals surface area contributed by atoms with E-state index in [4.69, 9.17) is 0 Å². The fourth-order valence-electron chi connectivity index (χ4n) is 1.88. The lowest BCUT2D eigenvalue weighted by atomic mass is 10.1. The molecule has 0 aliphatic heterocycles. The second-order valence-corrected chi connectivity index (χ2v) is 8.27. The Morgan fingerprint density at radius 1 is 1.25 bits per heavy atom. The van der Waals surface area contributed by atoms with Crippen LogP contribution in [-0.4, -0.2) is 49.2 Å². The van der Waals surface area contributed by atoms with Crippen molar-refractivity contribution in [3.05, 3.63) is 35.2 Å². The zero-order valence-corrected chi connectivity index (χ0v) is 15.1. The van der Waals surface area contributed by atoms with Gasteiger partial charge in [0.15, 0.2) is 10.9 Å². The molecule has 24 heavy (non-hydrogen) atoms. The summed E-state index contributed by atoms with van der Waals surface area (Å²) in [4.78, 5) is 28.5. The summed E-state index contributed by atoms with van der Waals surface area (Å²) in [6.07, 6.45) is 1.02. The number of amides is 1. The molecule has 9 heteroatoms. The van der Waals surface area contributed by atoms with E-state index < -0.39 is 15.9 Å². The Kier molecular flexibility index (Phi) is 5.47. The number of carbonyl (C=O) groups is 2. The number of benzene rings is 1. The van der Waals surface area contributed by atoms with Gasteiger partial charge in [-0.25, -0.2) is 13.4 Å². The summed E-state index contributed by atoms with van der Waals surface area (Å²) in [5.74, 6) is -0.675. The van der Waals surface area contributed by atoms with E-state index in [2.05, 4.69) is 10.3 Å². The number of nitrogens with one attached hydrogen (secondary N) is 1. The third kappa shape index (κ3) is 4.47. The number of ketones is 1. The van der Waals surface area contributed by atoms with Gasteiger partial charge in [0.2, 0.25) is 15.9 Å². The number of hydrogen-bond donors (Lipinski definition) is 1. The first-order valence-electron chi connectivity index (χ1n) is 6.97. The summed E-state index contributed by atoms with van der Waals surface area (Å²) < 4.78 is 23.6. The first-order valence-corrected chi connectivity index (χ1v) is 9.63. The fourth-order valence-corrected chi connectivity index (χ4v) is 3.13. The highest BCUT2D eigenvalue weighted by atomic mass is 32.2. The van der Waals surface area contributed by atoms with E-state index in [1.807, 2.05) is 30.3 Å². The summed E-state index contributed by atoms with van der Waals surface area (Å²) in [5.41, 5.74) is 1.27. The Bertz CT molecular complexity index is 860. The van der Waals surface area contributed by atoms with E-state index >= 15 is 0 Å². The van der Waals surface area contributed by atoms with Crippen LogP contribution < -0.4 is 5.32 Å². The number of anilines is 1. The molecule has 2 aromatic rings. The van der Waals surface area contributed by atoms with Crippen LogP contribution in [0.25, 0.3) is 11.3 Å². The molecule has 2 rings (SSSR count). The van der Waals surface area contributed by atoms with Gasteiger partial charge in [0.05, 0.1) is 23.4 Å². The topological polar surface area (TPSA) is 96.4 Å². The van der Waals surface area contributed by atoms with E-state index in [0.717, 1.165) is 27.5 Å².